The predicted octanol–water partition coefficient (Wildman–Crippen LogP) is 3.16. The van der Waals surface area contributed by atoms with Crippen LogP contribution >= 0.6 is 0 Å². The Bertz CT molecular complexity index is 615. The van der Waals surface area contributed by atoms with Gasteiger partial charge in [0.15, 0.2) is 5.78 Å². The fourth-order valence-corrected chi connectivity index (χ4v) is 2.95. The fourth-order valence-electron chi connectivity index (χ4n) is 2.95. The van der Waals surface area contributed by atoms with Crippen LogP contribution < -0.4 is 0 Å². The van der Waals surface area contributed by atoms with Crippen LogP contribution in [0.1, 0.15) is 44.7 Å². The molecule has 1 aliphatic rings. The van der Waals surface area contributed by atoms with Crippen LogP contribution in [-0.4, -0.2) is 23.5 Å². The average molecular weight is 288 g/mol. The zero-order valence-corrected chi connectivity index (χ0v) is 12.6. The Morgan fingerprint density at radius 1 is 1.29 bits per heavy atom. The highest BCUT2D eigenvalue weighted by Crippen LogP contribution is 2.42. The highest BCUT2D eigenvalue weighted by Gasteiger charge is 2.46. The normalized spacial score (nSPS) is 21.2. The molecule has 2 rings (SSSR count). The number of hydrogen-bond donors (Lipinski definition) is 1. The number of ether oxygens (including phenoxy) is 1. The van der Waals surface area contributed by atoms with Gasteiger partial charge in [-0.2, -0.15) is 0 Å². The summed E-state index contributed by atoms with van der Waals surface area (Å²) in [6.07, 6.45) is 1.41. The van der Waals surface area contributed by atoms with Crippen molar-refractivity contribution in [3.63, 3.8) is 0 Å². The van der Waals surface area contributed by atoms with E-state index in [1.165, 1.54) is 0 Å². The van der Waals surface area contributed by atoms with Crippen LogP contribution in [0.5, 0.6) is 0 Å². The van der Waals surface area contributed by atoms with Crippen LogP contribution in [0.15, 0.2) is 29.8 Å². The Morgan fingerprint density at radius 2 is 1.95 bits per heavy atom. The summed E-state index contributed by atoms with van der Waals surface area (Å²) in [5.41, 5.74) is 0.268. The summed E-state index contributed by atoms with van der Waals surface area (Å²) in [6.45, 7) is 5.64. The second-order valence-corrected chi connectivity index (χ2v) is 5.40. The number of esters is 1. The third-order valence-corrected chi connectivity index (χ3v) is 3.97. The molecule has 1 aliphatic carbocycles. The van der Waals surface area contributed by atoms with Crippen LogP contribution in [0.25, 0.3) is 5.76 Å². The van der Waals surface area contributed by atoms with Crippen molar-refractivity contribution in [1.29, 1.82) is 0 Å². The van der Waals surface area contributed by atoms with E-state index in [0.717, 1.165) is 12.0 Å². The number of hydrogen-bond acceptors (Lipinski definition) is 4. The van der Waals surface area contributed by atoms with Gasteiger partial charge in [0.1, 0.15) is 11.3 Å². The summed E-state index contributed by atoms with van der Waals surface area (Å²) in [5.74, 6) is -1.39. The van der Waals surface area contributed by atoms with Gasteiger partial charge >= 0.3 is 5.97 Å². The number of carbonyl (C=O) groups is 2. The number of rotatable bonds is 4. The molecule has 0 aliphatic heterocycles. The minimum absolute atomic E-state index is 0.162. The van der Waals surface area contributed by atoms with Crippen LogP contribution in [0.2, 0.25) is 0 Å². The molecule has 21 heavy (non-hydrogen) atoms. The standard InChI is InChI=1S/C17H20O4/c1-4-10-17(3)12-9-7-6-8-11(12)14(18)13(15(17)19)16(20)21-5-2/h6-9,18H,4-5,10H2,1-3H3. The topological polar surface area (TPSA) is 63.6 Å². The number of Topliss-reactive ketones (excluding diaryl/α,β-unsaturated/α-hetero) is 1. The van der Waals surface area contributed by atoms with E-state index in [-0.39, 0.29) is 23.7 Å². The van der Waals surface area contributed by atoms with E-state index in [1.807, 2.05) is 26.0 Å². The Morgan fingerprint density at radius 3 is 2.57 bits per heavy atom. The number of aliphatic hydroxyl groups excluding tert-OH is 1. The van der Waals surface area contributed by atoms with Gasteiger partial charge in [-0.3, -0.25) is 4.79 Å². The molecule has 0 radical (unpaired) electrons. The molecule has 0 aromatic heterocycles. The lowest BCUT2D eigenvalue weighted by Crippen LogP contribution is -2.40. The van der Waals surface area contributed by atoms with E-state index in [2.05, 4.69) is 0 Å². The molecule has 112 valence electrons. The molecule has 0 spiro atoms. The maximum absolute atomic E-state index is 12.8. The number of carbonyl (C=O) groups excluding carboxylic acids is 2. The van der Waals surface area contributed by atoms with Crippen molar-refractivity contribution in [1.82, 2.24) is 0 Å². The molecule has 0 heterocycles. The monoisotopic (exact) mass is 288 g/mol. The van der Waals surface area contributed by atoms with Gasteiger partial charge in [0.25, 0.3) is 0 Å². The lowest BCUT2D eigenvalue weighted by molar-refractivity contribution is -0.140. The first kappa shape index (κ1) is 15.3. The molecule has 1 aromatic rings. The molecular formula is C17H20O4. The average Bonchev–Trinajstić information content (AvgIpc) is 2.46. The second-order valence-electron chi connectivity index (χ2n) is 5.40. The van der Waals surface area contributed by atoms with E-state index >= 15 is 0 Å². The summed E-state index contributed by atoms with van der Waals surface area (Å²) in [4.78, 5) is 24.9. The molecule has 1 N–H and O–H groups in total. The molecule has 0 saturated heterocycles. The van der Waals surface area contributed by atoms with E-state index in [1.54, 1.807) is 19.1 Å². The van der Waals surface area contributed by atoms with Crippen molar-refractivity contribution in [3.8, 4) is 0 Å². The fraction of sp³-hybridized carbons (Fsp3) is 0.412. The quantitative estimate of drug-likeness (QED) is 0.683. The Hall–Kier alpha value is -2.10. The van der Waals surface area contributed by atoms with Crippen LogP contribution in [0.4, 0.5) is 0 Å². The Labute approximate surface area is 124 Å². The smallest absolute Gasteiger partial charge is 0.345 e. The number of aliphatic hydroxyl groups is 1. The lowest BCUT2D eigenvalue weighted by Gasteiger charge is -2.34. The summed E-state index contributed by atoms with van der Waals surface area (Å²) in [7, 11) is 0. The molecule has 1 atom stereocenters. The van der Waals surface area contributed by atoms with Gasteiger partial charge in [0, 0.05) is 5.56 Å². The van der Waals surface area contributed by atoms with Gasteiger partial charge in [0.2, 0.25) is 0 Å². The zero-order valence-electron chi connectivity index (χ0n) is 12.6. The van der Waals surface area contributed by atoms with Gasteiger partial charge in [0.05, 0.1) is 12.0 Å². The van der Waals surface area contributed by atoms with Crippen LogP contribution in [0, 0.1) is 0 Å². The predicted molar refractivity (Wildman–Crippen MR) is 79.9 cm³/mol. The van der Waals surface area contributed by atoms with Crippen molar-refractivity contribution >= 4 is 17.5 Å². The third kappa shape index (κ3) is 2.35. The molecule has 1 unspecified atom stereocenters. The SMILES string of the molecule is CCCC1(C)C(=O)C(C(=O)OCC)=C(O)c2ccccc21. The van der Waals surface area contributed by atoms with Crippen molar-refractivity contribution in [3.05, 3.63) is 41.0 Å². The van der Waals surface area contributed by atoms with E-state index in [0.29, 0.717) is 12.0 Å². The number of ketones is 1. The first-order valence-electron chi connectivity index (χ1n) is 7.22. The molecule has 0 bridgehead atoms. The maximum Gasteiger partial charge on any atom is 0.345 e. The molecule has 4 nitrogen and oxygen atoms in total. The first-order chi connectivity index (χ1) is 9.97. The van der Waals surface area contributed by atoms with E-state index in [9.17, 15) is 14.7 Å². The van der Waals surface area contributed by atoms with Crippen LogP contribution in [-0.2, 0) is 19.7 Å². The van der Waals surface area contributed by atoms with Gasteiger partial charge in [-0.05, 0) is 25.8 Å². The summed E-state index contributed by atoms with van der Waals surface area (Å²) >= 11 is 0. The lowest BCUT2D eigenvalue weighted by atomic mass is 9.67. The highest BCUT2D eigenvalue weighted by atomic mass is 16.5. The van der Waals surface area contributed by atoms with Gasteiger partial charge in [-0.1, -0.05) is 37.6 Å². The van der Waals surface area contributed by atoms with Gasteiger partial charge < -0.3 is 9.84 Å². The van der Waals surface area contributed by atoms with Crippen LogP contribution in [0.3, 0.4) is 0 Å². The van der Waals surface area contributed by atoms with Crippen molar-refractivity contribution < 1.29 is 19.4 Å². The van der Waals surface area contributed by atoms with Crippen molar-refractivity contribution in [2.45, 2.75) is 39.0 Å². The number of benzene rings is 1. The molecule has 0 saturated carbocycles. The zero-order chi connectivity index (χ0) is 15.6. The first-order valence-corrected chi connectivity index (χ1v) is 7.22. The number of fused-ring (bicyclic) bond motifs is 1. The second kappa shape index (κ2) is 5.72. The van der Waals surface area contributed by atoms with Gasteiger partial charge in [-0.15, -0.1) is 0 Å². The molecule has 1 aromatic carbocycles. The highest BCUT2D eigenvalue weighted by molar-refractivity contribution is 6.26. The minimum Gasteiger partial charge on any atom is -0.506 e. The largest absolute Gasteiger partial charge is 0.506 e. The third-order valence-electron chi connectivity index (χ3n) is 3.97. The van der Waals surface area contributed by atoms with E-state index < -0.39 is 11.4 Å². The summed E-state index contributed by atoms with van der Waals surface area (Å²) < 4.78 is 4.93. The summed E-state index contributed by atoms with van der Waals surface area (Å²) in [6, 6.07) is 7.17. The molecule has 0 fully saturated rings. The van der Waals surface area contributed by atoms with Gasteiger partial charge in [-0.25, -0.2) is 4.79 Å². The Balaban J connectivity index is 2.67. The van der Waals surface area contributed by atoms with Crippen molar-refractivity contribution in [2.24, 2.45) is 0 Å². The summed E-state index contributed by atoms with van der Waals surface area (Å²) in [5, 5.41) is 10.3. The van der Waals surface area contributed by atoms with Crippen molar-refractivity contribution in [2.75, 3.05) is 6.61 Å². The molecular weight excluding hydrogens is 268 g/mol. The molecule has 0 amide bonds. The van der Waals surface area contributed by atoms with E-state index in [4.69, 9.17) is 4.74 Å². The minimum atomic E-state index is -0.806. The Kier molecular flexibility index (Phi) is 4.16. The molecule has 4 heteroatoms. The maximum atomic E-state index is 12.8.